The predicted octanol–water partition coefficient (Wildman–Crippen LogP) is 6.27. The van der Waals surface area contributed by atoms with E-state index in [1.165, 1.54) is 6.07 Å². The molecule has 180 valence electrons. The molecular weight excluding hydrogens is 506 g/mol. The standard InChI is InChI=1S/C25H32BrNO5S/c1-5-31-22-13-11-18(26)15-24(22)33(29,30)27-21-9-7-6-8-20(21)25(28)32-23-14-17(4)10-12-19(23)16(2)3/h6-9,11,13,15-17,19,23,27H,5,10,12,14H2,1-4H3/t17-,19+,23+/m0/s1. The number of halogens is 1. The van der Waals surface area contributed by atoms with E-state index in [-0.39, 0.29) is 28.0 Å². The van der Waals surface area contributed by atoms with Crippen molar-refractivity contribution in [3.8, 4) is 5.75 Å². The second kappa shape index (κ2) is 10.9. The molecule has 0 aromatic heterocycles. The SMILES string of the molecule is CCOc1ccc(Br)cc1S(=O)(=O)Nc1ccccc1C(=O)O[C@@H]1C[C@@H](C)CC[C@@H]1C(C)C. The Labute approximate surface area is 205 Å². The lowest BCUT2D eigenvalue weighted by Crippen LogP contribution is -2.36. The molecule has 2 aromatic rings. The zero-order valence-electron chi connectivity index (χ0n) is 19.5. The summed E-state index contributed by atoms with van der Waals surface area (Å²) in [6.07, 6.45) is 2.79. The van der Waals surface area contributed by atoms with Gasteiger partial charge in [0.05, 0.1) is 17.9 Å². The van der Waals surface area contributed by atoms with Gasteiger partial charge in [0.1, 0.15) is 16.7 Å². The van der Waals surface area contributed by atoms with Crippen LogP contribution in [0.2, 0.25) is 0 Å². The maximum Gasteiger partial charge on any atom is 0.340 e. The zero-order valence-corrected chi connectivity index (χ0v) is 21.9. The van der Waals surface area contributed by atoms with Crippen LogP contribution in [0.5, 0.6) is 5.75 Å². The number of ether oxygens (including phenoxy) is 2. The van der Waals surface area contributed by atoms with Crippen molar-refractivity contribution in [3.05, 3.63) is 52.5 Å². The molecule has 1 aliphatic rings. The lowest BCUT2D eigenvalue weighted by atomic mass is 9.75. The van der Waals surface area contributed by atoms with Crippen molar-refractivity contribution >= 4 is 37.6 Å². The Bertz CT molecular complexity index is 1090. The summed E-state index contributed by atoms with van der Waals surface area (Å²) >= 11 is 3.32. The minimum Gasteiger partial charge on any atom is -0.492 e. The fourth-order valence-corrected chi connectivity index (χ4v) is 6.13. The highest BCUT2D eigenvalue weighted by Gasteiger charge is 2.34. The Hall–Kier alpha value is -2.06. The molecule has 0 bridgehead atoms. The fourth-order valence-electron chi connectivity index (χ4n) is 4.37. The second-order valence-corrected chi connectivity index (χ2v) is 11.5. The zero-order chi connectivity index (χ0) is 24.2. The van der Waals surface area contributed by atoms with Crippen LogP contribution >= 0.6 is 15.9 Å². The number of esters is 1. The Morgan fingerprint density at radius 1 is 1.18 bits per heavy atom. The largest absolute Gasteiger partial charge is 0.492 e. The fraction of sp³-hybridized carbons (Fsp3) is 0.480. The summed E-state index contributed by atoms with van der Waals surface area (Å²) in [6.45, 7) is 8.58. The molecule has 33 heavy (non-hydrogen) atoms. The second-order valence-electron chi connectivity index (χ2n) is 8.95. The van der Waals surface area contributed by atoms with E-state index in [0.29, 0.717) is 28.8 Å². The molecule has 6 nitrogen and oxygen atoms in total. The minimum atomic E-state index is -4.02. The van der Waals surface area contributed by atoms with Gasteiger partial charge < -0.3 is 9.47 Å². The number of nitrogens with one attached hydrogen (secondary N) is 1. The van der Waals surface area contributed by atoms with Crippen molar-refractivity contribution < 1.29 is 22.7 Å². The van der Waals surface area contributed by atoms with Crippen LogP contribution in [-0.4, -0.2) is 27.1 Å². The van der Waals surface area contributed by atoms with Crippen LogP contribution in [0, 0.1) is 17.8 Å². The molecule has 0 radical (unpaired) electrons. The van der Waals surface area contributed by atoms with Gasteiger partial charge in [-0.1, -0.05) is 55.3 Å². The highest BCUT2D eigenvalue weighted by Crippen LogP contribution is 2.36. The van der Waals surface area contributed by atoms with Gasteiger partial charge >= 0.3 is 5.97 Å². The number of hydrogen-bond donors (Lipinski definition) is 1. The van der Waals surface area contributed by atoms with Crippen molar-refractivity contribution in [1.82, 2.24) is 0 Å². The summed E-state index contributed by atoms with van der Waals surface area (Å²) in [6, 6.07) is 11.3. The van der Waals surface area contributed by atoms with Crippen molar-refractivity contribution in [1.29, 1.82) is 0 Å². The molecule has 3 atom stereocenters. The molecule has 1 N–H and O–H groups in total. The lowest BCUT2D eigenvalue weighted by Gasteiger charge is -2.36. The van der Waals surface area contributed by atoms with Crippen molar-refractivity contribution in [3.63, 3.8) is 0 Å². The van der Waals surface area contributed by atoms with Gasteiger partial charge in [0.25, 0.3) is 10.0 Å². The van der Waals surface area contributed by atoms with Gasteiger partial charge in [-0.25, -0.2) is 13.2 Å². The molecule has 1 aliphatic carbocycles. The maximum absolute atomic E-state index is 13.2. The van der Waals surface area contributed by atoms with Crippen LogP contribution in [0.4, 0.5) is 5.69 Å². The third-order valence-electron chi connectivity index (χ3n) is 6.11. The van der Waals surface area contributed by atoms with Gasteiger partial charge in [0.15, 0.2) is 0 Å². The predicted molar refractivity (Wildman–Crippen MR) is 133 cm³/mol. The number of rotatable bonds is 8. The van der Waals surface area contributed by atoms with Gasteiger partial charge in [0, 0.05) is 4.47 Å². The number of hydrogen-bond acceptors (Lipinski definition) is 5. The van der Waals surface area contributed by atoms with E-state index >= 15 is 0 Å². The van der Waals surface area contributed by atoms with Crippen LogP contribution in [0.15, 0.2) is 51.8 Å². The smallest absolute Gasteiger partial charge is 0.340 e. The van der Waals surface area contributed by atoms with E-state index in [9.17, 15) is 13.2 Å². The molecule has 0 spiro atoms. The van der Waals surface area contributed by atoms with Gasteiger partial charge in [-0.15, -0.1) is 0 Å². The summed E-state index contributed by atoms with van der Waals surface area (Å²) in [7, 11) is -4.02. The van der Waals surface area contributed by atoms with E-state index in [1.54, 1.807) is 43.3 Å². The molecule has 1 fully saturated rings. The first-order valence-corrected chi connectivity index (χ1v) is 13.6. The number of benzene rings is 2. The number of carbonyl (C=O) groups excluding carboxylic acids is 1. The molecule has 2 aromatic carbocycles. The molecule has 8 heteroatoms. The van der Waals surface area contributed by atoms with Gasteiger partial charge in [0.2, 0.25) is 0 Å². The van der Waals surface area contributed by atoms with E-state index in [2.05, 4.69) is 41.4 Å². The Morgan fingerprint density at radius 2 is 1.91 bits per heavy atom. The summed E-state index contributed by atoms with van der Waals surface area (Å²) in [5, 5.41) is 0. The molecule has 0 heterocycles. The summed E-state index contributed by atoms with van der Waals surface area (Å²) in [5.41, 5.74) is 0.365. The average Bonchev–Trinajstić information content (AvgIpc) is 2.75. The Balaban J connectivity index is 1.88. The van der Waals surface area contributed by atoms with Crippen molar-refractivity contribution in [2.45, 2.75) is 58.0 Å². The third-order valence-corrected chi connectivity index (χ3v) is 7.99. The number of anilines is 1. The topological polar surface area (TPSA) is 81.7 Å². The van der Waals surface area contributed by atoms with Gasteiger partial charge in [-0.05, 0) is 67.9 Å². The highest BCUT2D eigenvalue weighted by molar-refractivity contribution is 9.10. The Morgan fingerprint density at radius 3 is 2.61 bits per heavy atom. The molecule has 3 rings (SSSR count). The third kappa shape index (κ3) is 6.29. The van der Waals surface area contributed by atoms with Crippen LogP contribution < -0.4 is 9.46 Å². The number of para-hydroxylation sites is 1. The highest BCUT2D eigenvalue weighted by atomic mass is 79.9. The average molecular weight is 539 g/mol. The molecule has 0 amide bonds. The van der Waals surface area contributed by atoms with Gasteiger partial charge in [-0.2, -0.15) is 0 Å². The normalized spacial score (nSPS) is 21.0. The van der Waals surface area contributed by atoms with Crippen LogP contribution in [-0.2, 0) is 14.8 Å². The van der Waals surface area contributed by atoms with E-state index in [0.717, 1.165) is 19.3 Å². The van der Waals surface area contributed by atoms with E-state index in [4.69, 9.17) is 9.47 Å². The quantitative estimate of drug-likeness (QED) is 0.401. The molecular formula is C25H32BrNO5S. The number of carbonyl (C=O) groups is 1. The first kappa shape index (κ1) is 25.6. The summed E-state index contributed by atoms with van der Waals surface area (Å²) in [5.74, 6) is 0.906. The molecule has 0 saturated heterocycles. The lowest BCUT2D eigenvalue weighted by molar-refractivity contribution is -0.0173. The van der Waals surface area contributed by atoms with Crippen LogP contribution in [0.25, 0.3) is 0 Å². The monoisotopic (exact) mass is 537 g/mol. The molecule has 0 aliphatic heterocycles. The minimum absolute atomic E-state index is 0.0112. The molecule has 1 saturated carbocycles. The van der Waals surface area contributed by atoms with Crippen LogP contribution in [0.1, 0.15) is 57.3 Å². The van der Waals surface area contributed by atoms with Crippen molar-refractivity contribution in [2.75, 3.05) is 11.3 Å². The summed E-state index contributed by atoms with van der Waals surface area (Å²) in [4.78, 5) is 13.2. The first-order valence-electron chi connectivity index (χ1n) is 11.4. The molecule has 0 unspecified atom stereocenters. The Kier molecular flexibility index (Phi) is 8.45. The first-order chi connectivity index (χ1) is 15.6. The van der Waals surface area contributed by atoms with Crippen LogP contribution in [0.3, 0.4) is 0 Å². The van der Waals surface area contributed by atoms with Gasteiger partial charge in [-0.3, -0.25) is 4.72 Å². The van der Waals surface area contributed by atoms with E-state index < -0.39 is 16.0 Å². The van der Waals surface area contributed by atoms with Crippen molar-refractivity contribution in [2.24, 2.45) is 17.8 Å². The number of sulfonamides is 1. The maximum atomic E-state index is 13.2. The summed E-state index contributed by atoms with van der Waals surface area (Å²) < 4.78 is 41.1. The van der Waals surface area contributed by atoms with E-state index in [1.807, 2.05) is 0 Å².